The number of phenols is 1. The monoisotopic (exact) mass is 333 g/mol. The molecule has 0 saturated carbocycles. The summed E-state index contributed by atoms with van der Waals surface area (Å²) in [5, 5.41) is 21.2. The minimum absolute atomic E-state index is 0.0290. The molecule has 7 heteroatoms. The number of carbonyl (C=O) groups excluding carboxylic acids is 1. The van der Waals surface area contributed by atoms with Crippen LogP contribution in [-0.4, -0.2) is 28.6 Å². The zero-order valence-electron chi connectivity index (χ0n) is 11.4. The van der Waals surface area contributed by atoms with Crippen molar-refractivity contribution in [2.45, 2.75) is 32.1 Å². The zero-order valence-corrected chi connectivity index (χ0v) is 12.9. The van der Waals surface area contributed by atoms with E-state index in [1.807, 2.05) is 0 Å². The summed E-state index contributed by atoms with van der Waals surface area (Å²) in [6.45, 7) is 0.440. The summed E-state index contributed by atoms with van der Waals surface area (Å²) in [5.41, 5.74) is 0.0402. The molecule has 0 heterocycles. The van der Waals surface area contributed by atoms with Gasteiger partial charge in [-0.2, -0.15) is 0 Å². The van der Waals surface area contributed by atoms with Gasteiger partial charge in [-0.05, 0) is 25.0 Å². The van der Waals surface area contributed by atoms with E-state index in [2.05, 4.69) is 5.32 Å². The van der Waals surface area contributed by atoms with Crippen LogP contribution in [0.3, 0.4) is 0 Å². The Morgan fingerprint density at radius 1 is 1.10 bits per heavy atom. The highest BCUT2D eigenvalue weighted by Crippen LogP contribution is 2.30. The van der Waals surface area contributed by atoms with Gasteiger partial charge in [-0.15, -0.1) is 0 Å². The van der Waals surface area contributed by atoms with Crippen molar-refractivity contribution in [3.63, 3.8) is 0 Å². The lowest BCUT2D eigenvalue weighted by atomic mass is 10.1. The summed E-state index contributed by atoms with van der Waals surface area (Å²) in [7, 11) is 0. The molecular weight excluding hydrogens is 317 g/mol. The second kappa shape index (κ2) is 8.74. The maximum Gasteiger partial charge on any atom is 0.303 e. The van der Waals surface area contributed by atoms with Gasteiger partial charge in [0.25, 0.3) is 5.91 Å². The molecule has 0 atom stereocenters. The number of nitrogens with one attached hydrogen (secondary N) is 1. The summed E-state index contributed by atoms with van der Waals surface area (Å²) in [4.78, 5) is 22.2. The second-order valence-electron chi connectivity index (χ2n) is 4.60. The van der Waals surface area contributed by atoms with Crippen LogP contribution in [0.25, 0.3) is 0 Å². The molecule has 1 amide bonds. The quantitative estimate of drug-likeness (QED) is 0.636. The first-order valence-electron chi connectivity index (χ1n) is 6.60. The molecule has 0 unspecified atom stereocenters. The number of benzene rings is 1. The average Bonchev–Trinajstić information content (AvgIpc) is 2.41. The van der Waals surface area contributed by atoms with E-state index in [4.69, 9.17) is 28.3 Å². The molecule has 116 valence electrons. The van der Waals surface area contributed by atoms with Crippen LogP contribution in [0.2, 0.25) is 10.0 Å². The largest absolute Gasteiger partial charge is 0.506 e. The zero-order chi connectivity index (χ0) is 15.8. The molecule has 0 bridgehead atoms. The number of phenolic OH excluding ortho intramolecular Hbond substituents is 1. The Morgan fingerprint density at radius 3 is 2.43 bits per heavy atom. The molecule has 0 spiro atoms. The van der Waals surface area contributed by atoms with Gasteiger partial charge in [-0.1, -0.05) is 36.0 Å². The number of hydrogen-bond donors (Lipinski definition) is 3. The van der Waals surface area contributed by atoms with Crippen LogP contribution in [0, 0.1) is 0 Å². The van der Waals surface area contributed by atoms with E-state index < -0.39 is 11.9 Å². The predicted octanol–water partition coefficient (Wildman–Crippen LogP) is 3.46. The number of carbonyl (C=O) groups is 2. The van der Waals surface area contributed by atoms with Gasteiger partial charge in [0.2, 0.25) is 0 Å². The van der Waals surface area contributed by atoms with Gasteiger partial charge in [0.05, 0.1) is 10.6 Å². The van der Waals surface area contributed by atoms with Crippen molar-refractivity contribution >= 4 is 35.1 Å². The van der Waals surface area contributed by atoms with Crippen molar-refractivity contribution < 1.29 is 19.8 Å². The smallest absolute Gasteiger partial charge is 0.303 e. The number of carboxylic acid groups (broad SMARTS) is 1. The Labute approximate surface area is 132 Å². The minimum Gasteiger partial charge on any atom is -0.506 e. The van der Waals surface area contributed by atoms with Crippen molar-refractivity contribution in [3.8, 4) is 5.75 Å². The maximum atomic E-state index is 11.9. The van der Waals surface area contributed by atoms with Crippen molar-refractivity contribution in [1.29, 1.82) is 0 Å². The van der Waals surface area contributed by atoms with Gasteiger partial charge < -0.3 is 15.5 Å². The summed E-state index contributed by atoms with van der Waals surface area (Å²) in [6.07, 6.45) is 3.17. The first kappa shape index (κ1) is 17.6. The Kier molecular flexibility index (Phi) is 7.32. The second-order valence-corrected chi connectivity index (χ2v) is 5.44. The van der Waals surface area contributed by atoms with Crippen LogP contribution in [0.4, 0.5) is 0 Å². The van der Waals surface area contributed by atoms with E-state index in [0.717, 1.165) is 19.3 Å². The first-order chi connectivity index (χ1) is 9.91. The number of aromatic hydroxyl groups is 1. The van der Waals surface area contributed by atoms with Crippen LogP contribution in [-0.2, 0) is 4.79 Å². The van der Waals surface area contributed by atoms with Gasteiger partial charge in [0, 0.05) is 18.0 Å². The fourth-order valence-corrected chi connectivity index (χ4v) is 2.28. The standard InChI is InChI=1S/C14H17Cl2NO4/c15-9-7-10(13(20)11(16)8-9)14(21)17-6-4-2-1-3-5-12(18)19/h7-8,20H,1-6H2,(H,17,21)(H,18,19). The van der Waals surface area contributed by atoms with E-state index in [9.17, 15) is 14.7 Å². The van der Waals surface area contributed by atoms with E-state index in [0.29, 0.717) is 13.0 Å². The molecule has 1 rings (SSSR count). The third-order valence-electron chi connectivity index (χ3n) is 2.88. The van der Waals surface area contributed by atoms with E-state index in [1.165, 1.54) is 12.1 Å². The SMILES string of the molecule is O=C(O)CCCCCCNC(=O)c1cc(Cl)cc(Cl)c1O. The van der Waals surface area contributed by atoms with Gasteiger partial charge >= 0.3 is 5.97 Å². The lowest BCUT2D eigenvalue weighted by Gasteiger charge is -2.08. The molecule has 5 nitrogen and oxygen atoms in total. The number of carboxylic acids is 1. The fraction of sp³-hybridized carbons (Fsp3) is 0.429. The number of hydrogen-bond acceptors (Lipinski definition) is 3. The number of aliphatic carboxylic acids is 1. The Balaban J connectivity index is 2.33. The third kappa shape index (κ3) is 6.23. The molecule has 0 saturated heterocycles. The number of unbranched alkanes of at least 4 members (excludes halogenated alkanes) is 3. The fourth-order valence-electron chi connectivity index (χ4n) is 1.79. The lowest BCUT2D eigenvalue weighted by molar-refractivity contribution is -0.137. The maximum absolute atomic E-state index is 11.9. The molecule has 1 aromatic rings. The summed E-state index contributed by atoms with van der Waals surface area (Å²) < 4.78 is 0. The molecule has 0 aliphatic carbocycles. The molecular formula is C14H17Cl2NO4. The molecule has 3 N–H and O–H groups in total. The van der Waals surface area contributed by atoms with E-state index in [-0.39, 0.29) is 27.8 Å². The highest BCUT2D eigenvalue weighted by atomic mass is 35.5. The van der Waals surface area contributed by atoms with Crippen molar-refractivity contribution in [2.24, 2.45) is 0 Å². The molecule has 0 aliphatic rings. The lowest BCUT2D eigenvalue weighted by Crippen LogP contribution is -2.24. The van der Waals surface area contributed by atoms with Crippen LogP contribution in [0.1, 0.15) is 42.5 Å². The minimum atomic E-state index is -0.795. The molecule has 0 aliphatic heterocycles. The number of rotatable bonds is 8. The van der Waals surface area contributed by atoms with Crippen LogP contribution >= 0.6 is 23.2 Å². The number of halogens is 2. The van der Waals surface area contributed by atoms with Gasteiger partial charge in [0.1, 0.15) is 5.75 Å². The molecule has 1 aromatic carbocycles. The Morgan fingerprint density at radius 2 is 1.76 bits per heavy atom. The highest BCUT2D eigenvalue weighted by Gasteiger charge is 2.14. The Bertz CT molecular complexity index is 520. The number of amides is 1. The van der Waals surface area contributed by atoms with Gasteiger partial charge in [-0.25, -0.2) is 0 Å². The summed E-state index contributed by atoms with van der Waals surface area (Å²) >= 11 is 11.5. The van der Waals surface area contributed by atoms with Crippen LogP contribution in [0.5, 0.6) is 5.75 Å². The third-order valence-corrected chi connectivity index (χ3v) is 3.38. The van der Waals surface area contributed by atoms with Crippen molar-refractivity contribution in [2.75, 3.05) is 6.54 Å². The first-order valence-corrected chi connectivity index (χ1v) is 7.35. The van der Waals surface area contributed by atoms with Gasteiger partial charge in [-0.3, -0.25) is 9.59 Å². The van der Waals surface area contributed by atoms with Crippen LogP contribution in [0.15, 0.2) is 12.1 Å². The van der Waals surface area contributed by atoms with Crippen molar-refractivity contribution in [3.05, 3.63) is 27.7 Å². The summed E-state index contributed by atoms with van der Waals surface area (Å²) in [6, 6.07) is 2.71. The van der Waals surface area contributed by atoms with Crippen molar-refractivity contribution in [1.82, 2.24) is 5.32 Å². The highest BCUT2D eigenvalue weighted by molar-refractivity contribution is 6.36. The molecule has 0 aromatic heterocycles. The normalized spacial score (nSPS) is 10.4. The van der Waals surface area contributed by atoms with E-state index >= 15 is 0 Å². The molecule has 0 fully saturated rings. The average molecular weight is 334 g/mol. The molecule has 21 heavy (non-hydrogen) atoms. The topological polar surface area (TPSA) is 86.6 Å². The van der Waals surface area contributed by atoms with Gasteiger partial charge in [0.15, 0.2) is 0 Å². The molecule has 0 radical (unpaired) electrons. The van der Waals surface area contributed by atoms with E-state index in [1.54, 1.807) is 0 Å². The van der Waals surface area contributed by atoms with Crippen LogP contribution < -0.4 is 5.32 Å². The summed E-state index contributed by atoms with van der Waals surface area (Å²) in [5.74, 6) is -1.53. The predicted molar refractivity (Wildman–Crippen MR) is 81.2 cm³/mol. The Hall–Kier alpha value is -1.46.